The van der Waals surface area contributed by atoms with Crippen molar-refractivity contribution in [2.24, 2.45) is 0 Å². The average Bonchev–Trinajstić information content (AvgIpc) is 2.75. The molecule has 1 aromatic heterocycles. The van der Waals surface area contributed by atoms with E-state index in [9.17, 15) is 0 Å². The van der Waals surface area contributed by atoms with Crippen LogP contribution in [0.5, 0.6) is 5.75 Å². The van der Waals surface area contributed by atoms with E-state index >= 15 is 0 Å². The molecule has 1 N–H and O–H groups in total. The Hall–Kier alpha value is -1.59. The van der Waals surface area contributed by atoms with Crippen LogP contribution in [-0.4, -0.2) is 17.3 Å². The number of hydrogen-bond acceptors (Lipinski definition) is 5. The first-order chi connectivity index (χ1) is 8.69. The molecule has 0 aliphatic heterocycles. The highest BCUT2D eigenvalue weighted by molar-refractivity contribution is 6.32. The zero-order valence-corrected chi connectivity index (χ0v) is 11.0. The lowest BCUT2D eigenvalue weighted by Gasteiger charge is -2.06. The third-order valence-electron chi connectivity index (χ3n) is 2.40. The van der Waals surface area contributed by atoms with Gasteiger partial charge in [-0.1, -0.05) is 22.8 Å². The number of benzene rings is 1. The molecule has 1 aromatic carbocycles. The highest BCUT2D eigenvalue weighted by Gasteiger charge is 2.03. The SMILES string of the molecule is COc1ccc(CNCc2noc(C)n2)cc1Cl. The van der Waals surface area contributed by atoms with Gasteiger partial charge in [0.2, 0.25) is 5.89 Å². The number of halogens is 1. The molecule has 18 heavy (non-hydrogen) atoms. The highest BCUT2D eigenvalue weighted by Crippen LogP contribution is 2.24. The molecule has 0 unspecified atom stereocenters. The van der Waals surface area contributed by atoms with Gasteiger partial charge >= 0.3 is 0 Å². The Morgan fingerprint density at radius 2 is 2.22 bits per heavy atom. The van der Waals surface area contributed by atoms with E-state index in [4.69, 9.17) is 20.9 Å². The van der Waals surface area contributed by atoms with Crippen LogP contribution in [-0.2, 0) is 13.1 Å². The molecule has 0 radical (unpaired) electrons. The van der Waals surface area contributed by atoms with E-state index in [2.05, 4.69) is 15.5 Å². The molecule has 6 heteroatoms. The summed E-state index contributed by atoms with van der Waals surface area (Å²) in [4.78, 5) is 4.10. The monoisotopic (exact) mass is 267 g/mol. The number of nitrogens with one attached hydrogen (secondary N) is 1. The molecule has 0 atom stereocenters. The van der Waals surface area contributed by atoms with Gasteiger partial charge in [-0.25, -0.2) is 0 Å². The summed E-state index contributed by atoms with van der Waals surface area (Å²) in [5.74, 6) is 1.89. The molecular formula is C12H14ClN3O2. The predicted octanol–water partition coefficient (Wildman–Crippen LogP) is 2.33. The van der Waals surface area contributed by atoms with Gasteiger partial charge in [-0.15, -0.1) is 0 Å². The van der Waals surface area contributed by atoms with Crippen molar-refractivity contribution in [3.63, 3.8) is 0 Å². The van der Waals surface area contributed by atoms with E-state index in [0.29, 0.717) is 35.6 Å². The molecule has 0 aliphatic rings. The summed E-state index contributed by atoms with van der Waals surface area (Å²) in [6.07, 6.45) is 0. The molecule has 0 fully saturated rings. The quantitative estimate of drug-likeness (QED) is 0.901. The maximum Gasteiger partial charge on any atom is 0.223 e. The minimum atomic E-state index is 0.557. The van der Waals surface area contributed by atoms with Gasteiger partial charge in [0.05, 0.1) is 18.7 Å². The Balaban J connectivity index is 1.88. The number of methoxy groups -OCH3 is 1. The fraction of sp³-hybridized carbons (Fsp3) is 0.333. The second kappa shape index (κ2) is 5.84. The smallest absolute Gasteiger partial charge is 0.223 e. The Morgan fingerprint density at radius 3 is 2.83 bits per heavy atom. The van der Waals surface area contributed by atoms with Crippen LogP contribution in [0.3, 0.4) is 0 Å². The molecule has 0 bridgehead atoms. The lowest BCUT2D eigenvalue weighted by atomic mass is 10.2. The van der Waals surface area contributed by atoms with Crippen LogP contribution in [0.2, 0.25) is 5.02 Å². The number of hydrogen-bond donors (Lipinski definition) is 1. The van der Waals surface area contributed by atoms with Gasteiger partial charge in [0.1, 0.15) is 5.75 Å². The summed E-state index contributed by atoms with van der Waals surface area (Å²) in [5, 5.41) is 7.61. The first kappa shape index (κ1) is 12.9. The van der Waals surface area contributed by atoms with E-state index in [1.54, 1.807) is 14.0 Å². The van der Waals surface area contributed by atoms with Crippen LogP contribution in [0.25, 0.3) is 0 Å². The average molecular weight is 268 g/mol. The van der Waals surface area contributed by atoms with Crippen LogP contribution < -0.4 is 10.1 Å². The fourth-order valence-electron chi connectivity index (χ4n) is 1.55. The summed E-state index contributed by atoms with van der Waals surface area (Å²) in [7, 11) is 1.59. The number of aromatic nitrogens is 2. The van der Waals surface area contributed by atoms with E-state index < -0.39 is 0 Å². The van der Waals surface area contributed by atoms with Crippen molar-refractivity contribution in [3.8, 4) is 5.75 Å². The van der Waals surface area contributed by atoms with Crippen LogP contribution in [0.1, 0.15) is 17.3 Å². The Morgan fingerprint density at radius 1 is 1.39 bits per heavy atom. The second-order valence-electron chi connectivity index (χ2n) is 3.80. The van der Waals surface area contributed by atoms with Crippen molar-refractivity contribution in [1.82, 2.24) is 15.5 Å². The fourth-order valence-corrected chi connectivity index (χ4v) is 1.83. The van der Waals surface area contributed by atoms with Crippen molar-refractivity contribution in [3.05, 3.63) is 40.5 Å². The van der Waals surface area contributed by atoms with Gasteiger partial charge in [0, 0.05) is 13.5 Å². The maximum absolute atomic E-state index is 6.04. The van der Waals surface area contributed by atoms with Crippen molar-refractivity contribution in [2.75, 3.05) is 7.11 Å². The van der Waals surface area contributed by atoms with Gasteiger partial charge in [0.15, 0.2) is 5.82 Å². The number of nitrogens with zero attached hydrogens (tertiary/aromatic N) is 2. The lowest BCUT2D eigenvalue weighted by molar-refractivity contribution is 0.385. The van der Waals surface area contributed by atoms with Crippen molar-refractivity contribution in [2.45, 2.75) is 20.0 Å². The molecule has 2 aromatic rings. The zero-order chi connectivity index (χ0) is 13.0. The van der Waals surface area contributed by atoms with Crippen molar-refractivity contribution >= 4 is 11.6 Å². The Bertz CT molecular complexity index is 528. The summed E-state index contributed by atoms with van der Waals surface area (Å²) >= 11 is 6.04. The van der Waals surface area contributed by atoms with Gasteiger partial charge in [-0.2, -0.15) is 4.98 Å². The molecule has 5 nitrogen and oxygen atoms in total. The summed E-state index contributed by atoms with van der Waals surface area (Å²) in [6, 6.07) is 5.67. The highest BCUT2D eigenvalue weighted by atomic mass is 35.5. The molecule has 0 saturated carbocycles. The molecular weight excluding hydrogens is 254 g/mol. The minimum absolute atomic E-state index is 0.557. The molecule has 0 aliphatic carbocycles. The standard InChI is InChI=1S/C12H14ClN3O2/c1-8-15-12(16-18-8)7-14-6-9-3-4-11(17-2)10(13)5-9/h3-5,14H,6-7H2,1-2H3. The van der Waals surface area contributed by atoms with Crippen molar-refractivity contribution < 1.29 is 9.26 Å². The van der Waals surface area contributed by atoms with E-state index in [-0.39, 0.29) is 0 Å². The zero-order valence-electron chi connectivity index (χ0n) is 10.2. The minimum Gasteiger partial charge on any atom is -0.495 e. The second-order valence-corrected chi connectivity index (χ2v) is 4.21. The van der Waals surface area contributed by atoms with E-state index in [1.165, 1.54) is 0 Å². The van der Waals surface area contributed by atoms with E-state index in [0.717, 1.165) is 5.56 Å². The Kier molecular flexibility index (Phi) is 4.17. The van der Waals surface area contributed by atoms with Gasteiger partial charge in [0.25, 0.3) is 0 Å². The van der Waals surface area contributed by atoms with Crippen LogP contribution in [0.4, 0.5) is 0 Å². The van der Waals surface area contributed by atoms with Gasteiger partial charge in [-0.05, 0) is 17.7 Å². The van der Waals surface area contributed by atoms with Crippen LogP contribution in [0.15, 0.2) is 22.7 Å². The number of ether oxygens (including phenoxy) is 1. The van der Waals surface area contributed by atoms with Crippen molar-refractivity contribution in [1.29, 1.82) is 0 Å². The lowest BCUT2D eigenvalue weighted by Crippen LogP contribution is -2.13. The molecule has 2 rings (SSSR count). The molecule has 96 valence electrons. The van der Waals surface area contributed by atoms with Gasteiger partial charge in [-0.3, -0.25) is 0 Å². The largest absolute Gasteiger partial charge is 0.495 e. The predicted molar refractivity (Wildman–Crippen MR) is 67.6 cm³/mol. The topological polar surface area (TPSA) is 60.2 Å². The van der Waals surface area contributed by atoms with Crippen LogP contribution in [0, 0.1) is 6.92 Å². The molecule has 0 saturated heterocycles. The number of rotatable bonds is 5. The molecule has 1 heterocycles. The first-order valence-corrected chi connectivity index (χ1v) is 5.89. The third kappa shape index (κ3) is 3.21. The maximum atomic E-state index is 6.04. The summed E-state index contributed by atoms with van der Waals surface area (Å²) < 4.78 is 9.97. The van der Waals surface area contributed by atoms with Crippen LogP contribution >= 0.6 is 11.6 Å². The first-order valence-electron chi connectivity index (χ1n) is 5.51. The summed E-state index contributed by atoms with van der Waals surface area (Å²) in [5.41, 5.74) is 1.07. The van der Waals surface area contributed by atoms with Gasteiger partial charge < -0.3 is 14.6 Å². The van der Waals surface area contributed by atoms with E-state index in [1.807, 2.05) is 18.2 Å². The normalized spacial score (nSPS) is 10.6. The third-order valence-corrected chi connectivity index (χ3v) is 2.69. The Labute approximate surface area is 110 Å². The summed E-state index contributed by atoms with van der Waals surface area (Å²) in [6.45, 7) is 3.00. The number of aryl methyl sites for hydroxylation is 1. The molecule has 0 spiro atoms. The molecule has 0 amide bonds.